The molecule has 0 N–H and O–H groups in total. The van der Waals surface area contributed by atoms with E-state index in [1.165, 1.54) is 0 Å². The number of rotatable bonds is 1. The summed E-state index contributed by atoms with van der Waals surface area (Å²) in [5, 5.41) is 0.989. The number of likely N-dealkylation sites (tertiary alicyclic amines) is 1. The molecule has 18 heavy (non-hydrogen) atoms. The predicted octanol–water partition coefficient (Wildman–Crippen LogP) is 4.24. The van der Waals surface area contributed by atoms with Crippen LogP contribution in [0, 0.1) is 5.92 Å². The Morgan fingerprint density at radius 3 is 2.50 bits per heavy atom. The fourth-order valence-corrected chi connectivity index (χ4v) is 3.06. The van der Waals surface area contributed by atoms with E-state index in [2.05, 4.69) is 22.9 Å². The number of piperidine rings is 1. The number of nitrogens with zero attached hydrogens (tertiary/aromatic N) is 1. The minimum atomic E-state index is 0.00523. The van der Waals surface area contributed by atoms with Gasteiger partial charge in [0.1, 0.15) is 0 Å². The molecular formula is C13H14BrCl2NO. The lowest BCUT2D eigenvalue weighted by atomic mass is 9.99. The summed E-state index contributed by atoms with van der Waals surface area (Å²) in [6, 6.07) is 4.97. The smallest absolute Gasteiger partial charge is 0.253 e. The molecule has 1 aliphatic rings. The molecule has 1 aliphatic heterocycles. The first-order valence-corrected chi connectivity index (χ1v) is 7.54. The Kier molecular flexibility index (Phi) is 4.57. The van der Waals surface area contributed by atoms with E-state index < -0.39 is 0 Å². The largest absolute Gasteiger partial charge is 0.338 e. The van der Waals surface area contributed by atoms with Crippen LogP contribution in [0.3, 0.4) is 0 Å². The summed E-state index contributed by atoms with van der Waals surface area (Å²) in [5.41, 5.74) is 0.563. The number of benzene rings is 1. The summed E-state index contributed by atoms with van der Waals surface area (Å²) in [7, 11) is 0. The number of alkyl halides is 1. The summed E-state index contributed by atoms with van der Waals surface area (Å²) >= 11 is 15.5. The van der Waals surface area contributed by atoms with E-state index in [4.69, 9.17) is 23.2 Å². The zero-order chi connectivity index (χ0) is 13.3. The molecule has 1 fully saturated rings. The molecule has 0 aliphatic carbocycles. The van der Waals surface area contributed by atoms with Gasteiger partial charge in [0.15, 0.2) is 0 Å². The predicted molar refractivity (Wildman–Crippen MR) is 78.9 cm³/mol. The molecule has 0 aromatic heterocycles. The summed E-state index contributed by atoms with van der Waals surface area (Å²) < 4.78 is 0. The summed E-state index contributed by atoms with van der Waals surface area (Å²) in [6.45, 7) is 3.67. The Morgan fingerprint density at radius 2 is 1.94 bits per heavy atom. The van der Waals surface area contributed by atoms with Gasteiger partial charge in [0.05, 0.1) is 0 Å². The van der Waals surface area contributed by atoms with Crippen molar-refractivity contribution < 1.29 is 4.79 Å². The van der Waals surface area contributed by atoms with Gasteiger partial charge in [-0.2, -0.15) is 0 Å². The zero-order valence-electron chi connectivity index (χ0n) is 10.00. The Bertz CT molecular complexity index is 446. The maximum atomic E-state index is 12.3. The van der Waals surface area contributed by atoms with E-state index in [-0.39, 0.29) is 5.91 Å². The van der Waals surface area contributed by atoms with Crippen molar-refractivity contribution in [3.63, 3.8) is 0 Å². The first kappa shape index (κ1) is 14.2. The minimum absolute atomic E-state index is 0.00523. The van der Waals surface area contributed by atoms with E-state index in [1.807, 2.05) is 4.90 Å². The van der Waals surface area contributed by atoms with Gasteiger partial charge in [0.25, 0.3) is 5.91 Å². The van der Waals surface area contributed by atoms with Crippen LogP contribution < -0.4 is 0 Å². The molecule has 0 saturated carbocycles. The van der Waals surface area contributed by atoms with Crippen LogP contribution >= 0.6 is 39.1 Å². The molecule has 98 valence electrons. The van der Waals surface area contributed by atoms with Crippen LogP contribution in [0.25, 0.3) is 0 Å². The van der Waals surface area contributed by atoms with E-state index in [9.17, 15) is 4.79 Å². The maximum absolute atomic E-state index is 12.3. The van der Waals surface area contributed by atoms with Gasteiger partial charge in [-0.05, 0) is 30.5 Å². The Morgan fingerprint density at radius 1 is 1.33 bits per heavy atom. The van der Waals surface area contributed by atoms with E-state index in [1.54, 1.807) is 18.2 Å². The van der Waals surface area contributed by atoms with Gasteiger partial charge in [-0.25, -0.2) is 0 Å². The van der Waals surface area contributed by atoms with Crippen LogP contribution in [0.4, 0.5) is 0 Å². The Balaban J connectivity index is 2.16. The van der Waals surface area contributed by atoms with Crippen LogP contribution in [0.15, 0.2) is 18.2 Å². The highest BCUT2D eigenvalue weighted by Crippen LogP contribution is 2.26. The highest BCUT2D eigenvalue weighted by Gasteiger charge is 2.27. The third kappa shape index (κ3) is 3.19. The number of hydrogen-bond acceptors (Lipinski definition) is 1. The third-order valence-electron chi connectivity index (χ3n) is 3.20. The molecule has 1 heterocycles. The lowest BCUT2D eigenvalue weighted by Gasteiger charge is -2.34. The molecule has 0 spiro atoms. The SMILES string of the molecule is CC1CN(C(=O)c2cc(Cl)cc(Cl)c2)CCC1Br. The molecular weight excluding hydrogens is 337 g/mol. The number of carbonyl (C=O) groups is 1. The fraction of sp³-hybridized carbons (Fsp3) is 0.462. The molecule has 2 atom stereocenters. The molecule has 5 heteroatoms. The maximum Gasteiger partial charge on any atom is 0.253 e. The zero-order valence-corrected chi connectivity index (χ0v) is 13.1. The lowest BCUT2D eigenvalue weighted by Crippen LogP contribution is -2.43. The second-order valence-corrected chi connectivity index (χ2v) is 6.74. The van der Waals surface area contributed by atoms with E-state index >= 15 is 0 Å². The van der Waals surface area contributed by atoms with Gasteiger partial charge >= 0.3 is 0 Å². The Hall–Kier alpha value is -0.250. The van der Waals surface area contributed by atoms with Crippen molar-refractivity contribution in [1.29, 1.82) is 0 Å². The van der Waals surface area contributed by atoms with Crippen molar-refractivity contribution in [3.05, 3.63) is 33.8 Å². The van der Waals surface area contributed by atoms with Crippen LogP contribution in [0.1, 0.15) is 23.7 Å². The van der Waals surface area contributed by atoms with Gasteiger partial charge in [0, 0.05) is 33.5 Å². The van der Waals surface area contributed by atoms with Crippen molar-refractivity contribution in [1.82, 2.24) is 4.90 Å². The third-order valence-corrected chi connectivity index (χ3v) is 4.99. The van der Waals surface area contributed by atoms with Crippen LogP contribution in [0.2, 0.25) is 10.0 Å². The molecule has 1 aromatic rings. The second-order valence-electron chi connectivity index (χ2n) is 4.69. The lowest BCUT2D eigenvalue weighted by molar-refractivity contribution is 0.0690. The minimum Gasteiger partial charge on any atom is -0.338 e. The number of hydrogen-bond donors (Lipinski definition) is 0. The molecule has 0 radical (unpaired) electrons. The quantitative estimate of drug-likeness (QED) is 0.694. The standard InChI is InChI=1S/C13H14BrCl2NO/c1-8-7-17(3-2-12(8)14)13(18)9-4-10(15)6-11(16)5-9/h4-6,8,12H,2-3,7H2,1H3. The van der Waals surface area contributed by atoms with Gasteiger partial charge in [-0.15, -0.1) is 0 Å². The highest BCUT2D eigenvalue weighted by molar-refractivity contribution is 9.09. The monoisotopic (exact) mass is 349 g/mol. The van der Waals surface area contributed by atoms with Gasteiger partial charge < -0.3 is 4.90 Å². The van der Waals surface area contributed by atoms with E-state index in [0.29, 0.717) is 26.4 Å². The molecule has 0 bridgehead atoms. The van der Waals surface area contributed by atoms with Crippen molar-refractivity contribution >= 4 is 45.0 Å². The first-order chi connectivity index (χ1) is 8.47. The summed E-state index contributed by atoms with van der Waals surface area (Å²) in [5.74, 6) is 0.461. The molecule has 1 aromatic carbocycles. The normalized spacial score (nSPS) is 24.1. The average Bonchev–Trinajstić information content (AvgIpc) is 2.30. The second kappa shape index (κ2) is 5.81. The number of carbonyl (C=O) groups excluding carboxylic acids is 1. The molecule has 2 rings (SSSR count). The average molecular weight is 351 g/mol. The number of amides is 1. The molecule has 1 amide bonds. The van der Waals surface area contributed by atoms with Crippen LogP contribution in [-0.4, -0.2) is 28.7 Å². The fourth-order valence-electron chi connectivity index (χ4n) is 2.16. The number of halogens is 3. The van der Waals surface area contributed by atoms with Crippen LogP contribution in [-0.2, 0) is 0 Å². The van der Waals surface area contributed by atoms with Gasteiger partial charge in [-0.1, -0.05) is 46.1 Å². The summed E-state index contributed by atoms with van der Waals surface area (Å²) in [6.07, 6.45) is 0.973. The Labute approximate surface area is 125 Å². The molecule has 1 saturated heterocycles. The van der Waals surface area contributed by atoms with Crippen molar-refractivity contribution in [3.8, 4) is 0 Å². The van der Waals surface area contributed by atoms with E-state index in [0.717, 1.165) is 19.5 Å². The molecule has 2 unspecified atom stereocenters. The molecule has 2 nitrogen and oxygen atoms in total. The highest BCUT2D eigenvalue weighted by atomic mass is 79.9. The topological polar surface area (TPSA) is 20.3 Å². The van der Waals surface area contributed by atoms with Crippen LogP contribution in [0.5, 0.6) is 0 Å². The summed E-state index contributed by atoms with van der Waals surface area (Å²) in [4.78, 5) is 14.7. The van der Waals surface area contributed by atoms with Crippen molar-refractivity contribution in [2.24, 2.45) is 5.92 Å². The van der Waals surface area contributed by atoms with Crippen molar-refractivity contribution in [2.75, 3.05) is 13.1 Å². The first-order valence-electron chi connectivity index (χ1n) is 5.87. The van der Waals surface area contributed by atoms with Gasteiger partial charge in [0.2, 0.25) is 0 Å². The van der Waals surface area contributed by atoms with Gasteiger partial charge in [-0.3, -0.25) is 4.79 Å². The van der Waals surface area contributed by atoms with Crippen molar-refractivity contribution in [2.45, 2.75) is 18.2 Å².